The number of hydrogen-bond donors (Lipinski definition) is 1. The van der Waals surface area contributed by atoms with Gasteiger partial charge in [-0.25, -0.2) is 0 Å². The van der Waals surface area contributed by atoms with Crippen molar-refractivity contribution in [2.24, 2.45) is 0 Å². The molecule has 0 aromatic heterocycles. The van der Waals surface area contributed by atoms with Gasteiger partial charge < -0.3 is 9.41 Å². The summed E-state index contributed by atoms with van der Waals surface area (Å²) in [5, 5.41) is 0. The summed E-state index contributed by atoms with van der Waals surface area (Å²) < 4.78 is 4.95. The van der Waals surface area contributed by atoms with Crippen molar-refractivity contribution in [1.82, 2.24) is 4.98 Å². The van der Waals surface area contributed by atoms with Gasteiger partial charge in [-0.1, -0.05) is 0 Å². The Morgan fingerprint density at radius 1 is 1.38 bits per heavy atom. The first kappa shape index (κ1) is 8.14. The highest BCUT2D eigenvalue weighted by Gasteiger charge is 2.06. The normalized spacial score (nSPS) is 13.5. The van der Waals surface area contributed by atoms with Gasteiger partial charge in [-0.05, 0) is 20.8 Å². The Morgan fingerprint density at radius 2 is 1.88 bits per heavy atom. The highest BCUT2D eigenvalue weighted by Crippen LogP contribution is 1.95. The maximum atomic E-state index is 4.95. The fraction of sp³-hybridized carbons (Fsp3) is 1.00. The molecule has 0 aliphatic rings. The van der Waals surface area contributed by atoms with E-state index in [0.29, 0.717) is 0 Å². The minimum atomic E-state index is -0.432. The predicted octanol–water partition coefficient (Wildman–Crippen LogP) is 0.0197. The lowest BCUT2D eigenvalue weighted by Gasteiger charge is -2.18. The quantitative estimate of drug-likeness (QED) is 0.536. The Balaban J connectivity index is 3.11. The van der Waals surface area contributed by atoms with Crippen LogP contribution in [0.15, 0.2) is 0 Å². The molecular weight excluding hydrogens is 118 g/mol. The smallest absolute Gasteiger partial charge is 0.235 e. The summed E-state index contributed by atoms with van der Waals surface area (Å²) in [5.74, 6) is 0. The lowest BCUT2D eigenvalue weighted by Crippen LogP contribution is -2.39. The minimum absolute atomic E-state index is 0.238. The van der Waals surface area contributed by atoms with Crippen LogP contribution in [0.1, 0.15) is 20.8 Å². The van der Waals surface area contributed by atoms with Crippen LogP contribution < -0.4 is 4.98 Å². The molecule has 0 bridgehead atoms. The fourth-order valence-electron chi connectivity index (χ4n) is 0.289. The molecule has 0 rings (SSSR count). The van der Waals surface area contributed by atoms with Crippen LogP contribution >= 0.6 is 0 Å². The first-order valence-electron chi connectivity index (χ1n) is 2.80. The van der Waals surface area contributed by atoms with Gasteiger partial charge in [-0.3, -0.25) is 0 Å². The molecule has 0 radical (unpaired) electrons. The van der Waals surface area contributed by atoms with Gasteiger partial charge in [0.2, 0.25) is 9.92 Å². The van der Waals surface area contributed by atoms with E-state index in [-0.39, 0.29) is 5.54 Å². The highest BCUT2D eigenvalue weighted by atomic mass is 28.2. The molecule has 0 heterocycles. The van der Waals surface area contributed by atoms with E-state index in [9.17, 15) is 0 Å². The maximum absolute atomic E-state index is 4.95. The van der Waals surface area contributed by atoms with Crippen LogP contribution in [0.25, 0.3) is 0 Å². The number of hydrogen-bond acceptors (Lipinski definition) is 2. The third-order valence-electron chi connectivity index (χ3n) is 0.747. The largest absolute Gasteiger partial charge is 0.412 e. The second kappa shape index (κ2) is 3.22. The Bertz CT molecular complexity index is 59.9. The maximum Gasteiger partial charge on any atom is 0.235 e. The van der Waals surface area contributed by atoms with E-state index < -0.39 is 9.92 Å². The van der Waals surface area contributed by atoms with Gasteiger partial charge in [0.25, 0.3) is 0 Å². The van der Waals surface area contributed by atoms with Crippen molar-refractivity contribution in [3.05, 3.63) is 0 Å². The van der Waals surface area contributed by atoms with Crippen LogP contribution in [-0.2, 0) is 4.43 Å². The van der Waals surface area contributed by atoms with Crippen LogP contribution in [-0.4, -0.2) is 22.6 Å². The van der Waals surface area contributed by atoms with Crippen LogP contribution in [0.4, 0.5) is 0 Å². The van der Waals surface area contributed by atoms with Crippen LogP contribution in [0, 0.1) is 0 Å². The van der Waals surface area contributed by atoms with Crippen molar-refractivity contribution in [3.63, 3.8) is 0 Å². The van der Waals surface area contributed by atoms with Gasteiger partial charge in [0.05, 0.1) is 0 Å². The zero-order valence-electron chi connectivity index (χ0n) is 6.12. The lowest BCUT2D eigenvalue weighted by atomic mass is 10.1. The molecule has 50 valence electrons. The van der Waals surface area contributed by atoms with Gasteiger partial charge in [0.1, 0.15) is 0 Å². The molecule has 3 heteroatoms. The molecule has 0 fully saturated rings. The SMILES string of the molecule is CO[SiH2]NC(C)(C)C. The molecule has 0 saturated carbocycles. The van der Waals surface area contributed by atoms with Crippen molar-refractivity contribution in [3.8, 4) is 0 Å². The molecule has 0 aliphatic heterocycles. The van der Waals surface area contributed by atoms with Gasteiger partial charge in [-0.15, -0.1) is 0 Å². The first-order chi connectivity index (χ1) is 3.56. The molecule has 0 saturated heterocycles. The fourth-order valence-corrected chi connectivity index (χ4v) is 0.866. The second-order valence-corrected chi connectivity index (χ2v) is 4.08. The van der Waals surface area contributed by atoms with Gasteiger partial charge in [-0.2, -0.15) is 0 Å². The van der Waals surface area contributed by atoms with E-state index in [2.05, 4.69) is 25.8 Å². The molecule has 8 heavy (non-hydrogen) atoms. The topological polar surface area (TPSA) is 21.3 Å². The van der Waals surface area contributed by atoms with Crippen LogP contribution in [0.2, 0.25) is 0 Å². The summed E-state index contributed by atoms with van der Waals surface area (Å²) in [4.78, 5) is 3.29. The Morgan fingerprint density at radius 3 is 2.00 bits per heavy atom. The van der Waals surface area contributed by atoms with Gasteiger partial charge in [0, 0.05) is 12.6 Å². The van der Waals surface area contributed by atoms with E-state index in [1.807, 2.05) is 0 Å². The summed E-state index contributed by atoms with van der Waals surface area (Å²) in [6.45, 7) is 6.41. The van der Waals surface area contributed by atoms with E-state index in [1.165, 1.54) is 0 Å². The molecule has 0 aromatic carbocycles. The third-order valence-corrected chi connectivity index (χ3v) is 2.24. The zero-order chi connectivity index (χ0) is 6.62. The summed E-state index contributed by atoms with van der Waals surface area (Å²) in [7, 11) is 1.31. The van der Waals surface area contributed by atoms with Crippen molar-refractivity contribution in [2.45, 2.75) is 26.3 Å². The average Bonchev–Trinajstić information content (AvgIpc) is 1.59. The Labute approximate surface area is 53.6 Å². The summed E-state index contributed by atoms with van der Waals surface area (Å²) >= 11 is 0. The van der Waals surface area contributed by atoms with Crippen LogP contribution in [0.5, 0.6) is 0 Å². The van der Waals surface area contributed by atoms with Gasteiger partial charge in [0.15, 0.2) is 0 Å². The Hall–Kier alpha value is 0.137. The molecule has 1 N–H and O–H groups in total. The molecule has 0 amide bonds. The van der Waals surface area contributed by atoms with Crippen molar-refractivity contribution < 1.29 is 4.43 Å². The standard InChI is InChI=1S/C5H15NOSi/c1-5(2,3)6-8-7-4/h6H,8H2,1-4H3. The summed E-state index contributed by atoms with van der Waals surface area (Å²) in [5.41, 5.74) is 0.238. The van der Waals surface area contributed by atoms with Gasteiger partial charge >= 0.3 is 0 Å². The monoisotopic (exact) mass is 133 g/mol. The molecule has 0 atom stereocenters. The molecule has 2 nitrogen and oxygen atoms in total. The number of nitrogens with one attached hydrogen (secondary N) is 1. The average molecular weight is 133 g/mol. The molecular formula is C5H15NOSi. The number of rotatable bonds is 2. The molecule has 0 spiro atoms. The third kappa shape index (κ3) is 6.14. The Kier molecular flexibility index (Phi) is 3.27. The minimum Gasteiger partial charge on any atom is -0.412 e. The summed E-state index contributed by atoms with van der Waals surface area (Å²) in [6, 6.07) is 0. The van der Waals surface area contributed by atoms with E-state index >= 15 is 0 Å². The first-order valence-corrected chi connectivity index (χ1v) is 4.08. The lowest BCUT2D eigenvalue weighted by molar-refractivity contribution is 0.401. The van der Waals surface area contributed by atoms with E-state index in [0.717, 1.165) is 0 Å². The van der Waals surface area contributed by atoms with E-state index in [4.69, 9.17) is 4.43 Å². The summed E-state index contributed by atoms with van der Waals surface area (Å²) in [6.07, 6.45) is 0. The van der Waals surface area contributed by atoms with Crippen molar-refractivity contribution >= 4 is 9.92 Å². The van der Waals surface area contributed by atoms with Crippen LogP contribution in [0.3, 0.4) is 0 Å². The van der Waals surface area contributed by atoms with E-state index in [1.54, 1.807) is 7.11 Å². The van der Waals surface area contributed by atoms with Crippen molar-refractivity contribution in [1.29, 1.82) is 0 Å². The van der Waals surface area contributed by atoms with Crippen molar-refractivity contribution in [2.75, 3.05) is 7.11 Å². The highest BCUT2D eigenvalue weighted by molar-refractivity contribution is 6.23. The molecule has 0 aliphatic carbocycles. The second-order valence-electron chi connectivity index (χ2n) is 2.86. The molecule has 0 aromatic rings. The zero-order valence-corrected chi connectivity index (χ0v) is 7.53. The molecule has 0 unspecified atom stereocenters. The predicted molar refractivity (Wildman–Crippen MR) is 38.4 cm³/mol.